The van der Waals surface area contributed by atoms with Crippen LogP contribution in [0, 0.1) is 5.41 Å². The maximum Gasteiger partial charge on any atom is 0.234 e. The van der Waals surface area contributed by atoms with E-state index in [0.717, 1.165) is 0 Å². The fourth-order valence-corrected chi connectivity index (χ4v) is 15.0. The summed E-state index contributed by atoms with van der Waals surface area (Å²) < 4.78 is 26.0. The fraction of sp³-hybridized carbons (Fsp3) is 0.904. The van der Waals surface area contributed by atoms with Gasteiger partial charge in [0.25, 0.3) is 0 Å². The largest absolute Gasteiger partial charge is 0.389 e. The van der Waals surface area contributed by atoms with Crippen LogP contribution in [0.4, 0.5) is 0 Å². The molecule has 0 bridgehead atoms. The van der Waals surface area contributed by atoms with Crippen molar-refractivity contribution in [3.8, 4) is 0 Å². The Labute approximate surface area is 791 Å². The second kappa shape index (κ2) is 85.9. The molecule has 0 saturated heterocycles. The molecular formula is C83H186N34O16. The van der Waals surface area contributed by atoms with Crippen LogP contribution in [-0.4, -0.2) is 583 Å². The van der Waals surface area contributed by atoms with E-state index >= 15 is 0 Å². The standard InChI is InChI=1S/C83H186N34O16/c84-5-29-106(30-6-85)27-1-3-71(118)51-114(57-77(124)100-21-45-108(33-9-88)34-10-89)53-73(120)63-130-67-83(68-131-64-74(121)54-115(52-72(119)4-2-28-107(31-7-86)32-8-87)58-78(125)101-22-46-109(35-11-90)36-12-91,69-132-65-75(122)55-116(59-79(126)102-23-47-110(37-13-92)38-14-93)60-80(127)103-24-48-111(39-15-94)40-16-95)70-133-66-76(123)56-117(61-81(128)104-25-49-112(41-17-96)42-18-97)62-82(129)105-26-50-113(43-19-98)44-20-99/h73-76,120-123H,1-70,84-99H2,(H,100,124)(H,101,125)(H,102,126)(H,103,127)(H,104,128)(H,105,129). The Bertz CT molecular complexity index is 2310. The SMILES string of the molecule is NCCN(CCN)CCCC(=O)CN(CC(=O)NCCN(CCN)CCN)CC(O)COCC(COCC(O)CN(CC(=O)CCCN(CCN)CCN)CC(=O)NCCN(CCN)CCN)(COCC(O)CN(CC(=O)NCCN(CCN)CCN)CC(=O)NCCN(CCN)CCN)COCC(O)CN(CC(=O)NCCN(CCN)CCN)CC(=O)NCCN(CCN)CCN. The van der Waals surface area contributed by atoms with Crippen molar-refractivity contribution in [1.29, 1.82) is 0 Å². The predicted molar refractivity (Wildman–Crippen MR) is 518 cm³/mol. The van der Waals surface area contributed by atoms with E-state index < -0.39 is 118 Å². The molecule has 42 N–H and O–H groups in total. The van der Waals surface area contributed by atoms with Gasteiger partial charge in [-0.15, -0.1) is 0 Å². The van der Waals surface area contributed by atoms with E-state index in [9.17, 15) is 58.8 Å². The number of amides is 6. The quantitative estimate of drug-likeness (QED) is 0.0269. The first-order valence-electron chi connectivity index (χ1n) is 47.7. The van der Waals surface area contributed by atoms with Crippen LogP contribution >= 0.6 is 0 Å². The number of carbonyl (C=O) groups is 8. The van der Waals surface area contributed by atoms with E-state index in [1.54, 1.807) is 0 Å². The summed E-state index contributed by atoms with van der Waals surface area (Å²) in [7, 11) is 0. The Balaban J connectivity index is 8.49. The minimum Gasteiger partial charge on any atom is -0.389 e. The van der Waals surface area contributed by atoms with Crippen molar-refractivity contribution in [2.24, 2.45) is 97.2 Å². The van der Waals surface area contributed by atoms with E-state index in [1.807, 2.05) is 29.4 Å². The summed E-state index contributed by atoms with van der Waals surface area (Å²) in [5, 5.41) is 65.9. The molecule has 0 aliphatic rings. The zero-order chi connectivity index (χ0) is 98.9. The summed E-state index contributed by atoms with van der Waals surface area (Å²) in [4.78, 5) is 133. The number of nitrogens with zero attached hydrogens (tertiary/aromatic N) is 12. The molecule has 0 spiro atoms. The third kappa shape index (κ3) is 70.9. The number of hydrogen-bond donors (Lipinski definition) is 26. The molecule has 50 nitrogen and oxygen atoms in total. The molecule has 6 amide bonds. The summed E-state index contributed by atoms with van der Waals surface area (Å²) in [6, 6.07) is 0. The summed E-state index contributed by atoms with van der Waals surface area (Å²) in [5.41, 5.74) is 92.3. The second-order valence-corrected chi connectivity index (χ2v) is 33.6. The van der Waals surface area contributed by atoms with Crippen LogP contribution < -0.4 is 124 Å². The van der Waals surface area contributed by atoms with Crippen molar-refractivity contribution in [3.63, 3.8) is 0 Å². The molecule has 0 radical (unpaired) electrons. The van der Waals surface area contributed by atoms with Gasteiger partial charge in [-0.2, -0.15) is 0 Å². The van der Waals surface area contributed by atoms with Gasteiger partial charge in [0.05, 0.1) is 135 Å². The highest BCUT2D eigenvalue weighted by molar-refractivity contribution is 5.84. The third-order valence-corrected chi connectivity index (χ3v) is 21.2. The molecule has 0 aromatic heterocycles. The van der Waals surface area contributed by atoms with Gasteiger partial charge in [-0.3, -0.25) is 87.4 Å². The van der Waals surface area contributed by atoms with Gasteiger partial charge in [-0.25, -0.2) is 0 Å². The Morgan fingerprint density at radius 2 is 0.368 bits per heavy atom. The average molecular weight is 1920 g/mol. The highest BCUT2D eigenvalue weighted by atomic mass is 16.5. The predicted octanol–water partition coefficient (Wildman–Crippen LogP) is -18.2. The van der Waals surface area contributed by atoms with Crippen LogP contribution in [0.15, 0.2) is 0 Å². The lowest BCUT2D eigenvalue weighted by Gasteiger charge is -2.35. The number of nitrogens with two attached hydrogens (primary N) is 16. The van der Waals surface area contributed by atoms with Gasteiger partial charge in [0, 0.05) is 327 Å². The number of ether oxygens (including phenoxy) is 4. The molecule has 4 unspecified atom stereocenters. The van der Waals surface area contributed by atoms with E-state index in [-0.39, 0.29) is 142 Å². The summed E-state index contributed by atoms with van der Waals surface area (Å²) in [6.07, 6.45) is -4.49. The van der Waals surface area contributed by atoms with Crippen molar-refractivity contribution in [1.82, 2.24) is 90.7 Å². The first kappa shape index (κ1) is 128. The molecular weight excluding hydrogens is 1730 g/mol. The highest BCUT2D eigenvalue weighted by Gasteiger charge is 2.36. The fourth-order valence-electron chi connectivity index (χ4n) is 15.0. The van der Waals surface area contributed by atoms with Crippen LogP contribution in [0.25, 0.3) is 0 Å². The molecule has 0 aliphatic heterocycles. The Morgan fingerprint density at radius 3 is 0.526 bits per heavy atom. The smallest absolute Gasteiger partial charge is 0.234 e. The monoisotopic (exact) mass is 1920 g/mol. The van der Waals surface area contributed by atoms with Crippen LogP contribution in [0.2, 0.25) is 0 Å². The van der Waals surface area contributed by atoms with Gasteiger partial charge in [0.2, 0.25) is 35.4 Å². The minimum absolute atomic E-state index is 0.127. The van der Waals surface area contributed by atoms with E-state index in [0.29, 0.717) is 275 Å². The van der Waals surface area contributed by atoms with E-state index in [4.69, 9.17) is 111 Å². The van der Waals surface area contributed by atoms with Crippen LogP contribution in [0.1, 0.15) is 25.7 Å². The summed E-state index contributed by atoms with van der Waals surface area (Å²) in [6.45, 7) is 12.4. The lowest BCUT2D eigenvalue weighted by Crippen LogP contribution is -2.49. The van der Waals surface area contributed by atoms with Crippen LogP contribution in [-0.2, 0) is 57.3 Å². The Morgan fingerprint density at radius 1 is 0.218 bits per heavy atom. The maximum atomic E-state index is 13.9. The topological polar surface area (TPSA) is 782 Å². The highest BCUT2D eigenvalue weighted by Crippen LogP contribution is 2.23. The number of rotatable bonds is 98. The summed E-state index contributed by atoms with van der Waals surface area (Å²) in [5.74, 6) is -3.15. The molecule has 784 valence electrons. The number of aliphatic hydroxyl groups is 4. The van der Waals surface area contributed by atoms with Gasteiger partial charge in [-0.1, -0.05) is 0 Å². The molecule has 0 aromatic rings. The first-order valence-corrected chi connectivity index (χ1v) is 47.7. The molecule has 4 atom stereocenters. The molecule has 0 rings (SSSR count). The van der Waals surface area contributed by atoms with Crippen molar-refractivity contribution >= 4 is 47.0 Å². The number of Topliss-reactive ketones (excluding diaryl/α,β-unsaturated/α-hetero) is 2. The first-order chi connectivity index (χ1) is 64.2. The number of nitrogens with one attached hydrogen (secondary N) is 6. The van der Waals surface area contributed by atoms with Gasteiger partial charge in [-0.05, 0) is 25.9 Å². The lowest BCUT2D eigenvalue weighted by atomic mass is 9.92. The van der Waals surface area contributed by atoms with Crippen molar-refractivity contribution < 1.29 is 77.7 Å². The average Bonchev–Trinajstić information content (AvgIpc) is 0.856. The van der Waals surface area contributed by atoms with Crippen LogP contribution in [0.3, 0.4) is 0 Å². The lowest BCUT2D eigenvalue weighted by molar-refractivity contribution is -0.136. The minimum atomic E-state index is -1.58. The van der Waals surface area contributed by atoms with Crippen molar-refractivity contribution in [2.75, 3.05) is 432 Å². The van der Waals surface area contributed by atoms with Crippen molar-refractivity contribution in [3.05, 3.63) is 0 Å². The molecule has 0 fully saturated rings. The number of ketones is 2. The molecule has 0 heterocycles. The normalized spacial score (nSPS) is 13.5. The Hall–Kier alpha value is -5.28. The van der Waals surface area contributed by atoms with Gasteiger partial charge >= 0.3 is 0 Å². The molecule has 50 heteroatoms. The second-order valence-electron chi connectivity index (χ2n) is 33.6. The van der Waals surface area contributed by atoms with Gasteiger partial charge in [0.15, 0.2) is 0 Å². The van der Waals surface area contributed by atoms with Crippen LogP contribution in [0.5, 0.6) is 0 Å². The summed E-state index contributed by atoms with van der Waals surface area (Å²) >= 11 is 0. The maximum absolute atomic E-state index is 13.9. The molecule has 133 heavy (non-hydrogen) atoms. The number of carbonyl (C=O) groups excluding carboxylic acids is 8. The zero-order valence-corrected chi connectivity index (χ0v) is 80.6. The molecule has 0 aliphatic carbocycles. The van der Waals surface area contributed by atoms with Crippen molar-refractivity contribution in [2.45, 2.75) is 50.1 Å². The van der Waals surface area contributed by atoms with Gasteiger partial charge < -0.3 is 173 Å². The molecule has 0 saturated carbocycles. The third-order valence-electron chi connectivity index (χ3n) is 21.2. The Kier molecular flexibility index (Phi) is 82.5. The van der Waals surface area contributed by atoms with Gasteiger partial charge in [0.1, 0.15) is 11.6 Å². The van der Waals surface area contributed by atoms with E-state index in [1.165, 1.54) is 19.6 Å². The molecule has 0 aromatic carbocycles. The zero-order valence-electron chi connectivity index (χ0n) is 80.6. The van der Waals surface area contributed by atoms with E-state index in [2.05, 4.69) is 41.7 Å². The number of aliphatic hydroxyl groups excluding tert-OH is 4. The number of hydrogen-bond acceptors (Lipinski definition) is 44.